The molecule has 0 saturated carbocycles. The summed E-state index contributed by atoms with van der Waals surface area (Å²) in [7, 11) is 1.66. The van der Waals surface area contributed by atoms with E-state index in [0.29, 0.717) is 24.7 Å². The molecule has 106 valence electrons. The maximum absolute atomic E-state index is 11.7. The van der Waals surface area contributed by atoms with Crippen LogP contribution in [0.5, 0.6) is 5.88 Å². The van der Waals surface area contributed by atoms with Gasteiger partial charge in [-0.2, -0.15) is 0 Å². The quantitative estimate of drug-likeness (QED) is 0.901. The van der Waals surface area contributed by atoms with Gasteiger partial charge in [-0.05, 0) is 26.8 Å². The largest absolute Gasteiger partial charge is 0.476 e. The third kappa shape index (κ3) is 5.94. The number of carbonyl (C=O) groups excluding carboxylic acids is 1. The molecule has 0 spiro atoms. The van der Waals surface area contributed by atoms with Gasteiger partial charge in [0.25, 0.3) is 0 Å². The van der Waals surface area contributed by atoms with Gasteiger partial charge in [-0.25, -0.2) is 9.78 Å². The van der Waals surface area contributed by atoms with Gasteiger partial charge >= 0.3 is 6.09 Å². The molecule has 0 aliphatic rings. The Hall–Kier alpha value is -1.98. The Labute approximate surface area is 113 Å². The number of nitrogen functional groups attached to an aromatic ring is 1. The molecule has 19 heavy (non-hydrogen) atoms. The van der Waals surface area contributed by atoms with E-state index in [1.807, 2.05) is 20.8 Å². The van der Waals surface area contributed by atoms with Crippen LogP contribution in [-0.2, 0) is 4.74 Å². The van der Waals surface area contributed by atoms with E-state index in [4.69, 9.17) is 15.2 Å². The highest BCUT2D eigenvalue weighted by molar-refractivity contribution is 5.67. The summed E-state index contributed by atoms with van der Waals surface area (Å²) in [6, 6.07) is 3.39. The SMILES string of the molecule is CN(CCOc1ccc(N)cn1)C(=O)OC(C)(C)C. The summed E-state index contributed by atoms with van der Waals surface area (Å²) in [5.74, 6) is 0.479. The third-order valence-electron chi connectivity index (χ3n) is 2.14. The summed E-state index contributed by atoms with van der Waals surface area (Å²) in [4.78, 5) is 17.1. The van der Waals surface area contributed by atoms with Crippen LogP contribution >= 0.6 is 0 Å². The van der Waals surface area contributed by atoms with Gasteiger partial charge in [0.05, 0.1) is 18.4 Å². The highest BCUT2D eigenvalue weighted by atomic mass is 16.6. The van der Waals surface area contributed by atoms with Crippen LogP contribution in [0.3, 0.4) is 0 Å². The molecular formula is C13H21N3O3. The average molecular weight is 267 g/mol. The summed E-state index contributed by atoms with van der Waals surface area (Å²) in [5, 5.41) is 0. The van der Waals surface area contributed by atoms with Gasteiger partial charge in [0, 0.05) is 13.1 Å². The van der Waals surface area contributed by atoms with E-state index >= 15 is 0 Å². The Morgan fingerprint density at radius 3 is 2.63 bits per heavy atom. The first kappa shape index (κ1) is 15.1. The monoisotopic (exact) mass is 267 g/mol. The number of likely N-dealkylation sites (N-methyl/N-ethyl adjacent to an activating group) is 1. The summed E-state index contributed by atoms with van der Waals surface area (Å²) in [6.07, 6.45) is 1.15. The zero-order chi connectivity index (χ0) is 14.5. The van der Waals surface area contributed by atoms with Gasteiger partial charge in [-0.15, -0.1) is 0 Å². The minimum absolute atomic E-state index is 0.340. The van der Waals surface area contributed by atoms with Crippen LogP contribution in [0.25, 0.3) is 0 Å². The Morgan fingerprint density at radius 1 is 1.42 bits per heavy atom. The van der Waals surface area contributed by atoms with Crippen LogP contribution in [0.15, 0.2) is 18.3 Å². The maximum Gasteiger partial charge on any atom is 0.410 e. The molecule has 1 aromatic rings. The first-order valence-corrected chi connectivity index (χ1v) is 6.06. The molecule has 0 aliphatic carbocycles. The van der Waals surface area contributed by atoms with Gasteiger partial charge in [0.2, 0.25) is 5.88 Å². The van der Waals surface area contributed by atoms with Crippen molar-refractivity contribution in [3.05, 3.63) is 18.3 Å². The standard InChI is InChI=1S/C13H21N3O3/c1-13(2,3)19-12(17)16(4)7-8-18-11-6-5-10(14)9-15-11/h5-6,9H,7-8,14H2,1-4H3. The lowest BCUT2D eigenvalue weighted by atomic mass is 10.2. The molecule has 1 aromatic heterocycles. The molecule has 0 saturated heterocycles. The summed E-state index contributed by atoms with van der Waals surface area (Å²) in [6.45, 7) is 6.24. The first-order chi connectivity index (χ1) is 8.78. The maximum atomic E-state index is 11.7. The molecule has 0 aliphatic heterocycles. The van der Waals surface area contributed by atoms with Crippen LogP contribution in [0, 0.1) is 0 Å². The molecular weight excluding hydrogens is 246 g/mol. The van der Waals surface area contributed by atoms with Gasteiger partial charge < -0.3 is 20.1 Å². The van der Waals surface area contributed by atoms with Crippen molar-refractivity contribution in [1.29, 1.82) is 0 Å². The second-order valence-electron chi connectivity index (χ2n) is 5.18. The fraction of sp³-hybridized carbons (Fsp3) is 0.538. The van der Waals surface area contributed by atoms with Gasteiger partial charge in [-0.1, -0.05) is 0 Å². The van der Waals surface area contributed by atoms with Crippen LogP contribution in [-0.4, -0.2) is 41.8 Å². The van der Waals surface area contributed by atoms with Crippen LogP contribution < -0.4 is 10.5 Å². The van der Waals surface area contributed by atoms with E-state index in [-0.39, 0.29) is 6.09 Å². The number of anilines is 1. The number of amides is 1. The second-order valence-corrected chi connectivity index (χ2v) is 5.18. The average Bonchev–Trinajstić information content (AvgIpc) is 2.29. The lowest BCUT2D eigenvalue weighted by Gasteiger charge is -2.24. The number of ether oxygens (including phenoxy) is 2. The Kier molecular flexibility index (Phi) is 4.97. The number of hydrogen-bond acceptors (Lipinski definition) is 5. The number of nitrogens with zero attached hydrogens (tertiary/aromatic N) is 2. The minimum Gasteiger partial charge on any atom is -0.476 e. The normalized spacial score (nSPS) is 10.9. The molecule has 6 heteroatoms. The summed E-state index contributed by atoms with van der Waals surface area (Å²) in [5.41, 5.74) is 5.60. The molecule has 0 aromatic carbocycles. The highest BCUT2D eigenvalue weighted by Crippen LogP contribution is 2.10. The van der Waals surface area contributed by atoms with Gasteiger partial charge in [0.15, 0.2) is 0 Å². The topological polar surface area (TPSA) is 77.7 Å². The van der Waals surface area contributed by atoms with Crippen LogP contribution in [0.2, 0.25) is 0 Å². The molecule has 0 atom stereocenters. The van der Waals surface area contributed by atoms with E-state index in [0.717, 1.165) is 0 Å². The smallest absolute Gasteiger partial charge is 0.410 e. The summed E-state index contributed by atoms with van der Waals surface area (Å²) >= 11 is 0. The molecule has 0 fully saturated rings. The van der Waals surface area contributed by atoms with Crippen molar-refractivity contribution in [3.8, 4) is 5.88 Å². The molecule has 0 radical (unpaired) electrons. The molecule has 2 N–H and O–H groups in total. The molecule has 1 heterocycles. The fourth-order valence-electron chi connectivity index (χ4n) is 1.20. The number of carbonyl (C=O) groups is 1. The first-order valence-electron chi connectivity index (χ1n) is 6.06. The minimum atomic E-state index is -0.495. The molecule has 6 nitrogen and oxygen atoms in total. The van der Waals surface area contributed by atoms with Crippen molar-refractivity contribution in [2.75, 3.05) is 25.9 Å². The Bertz CT molecular complexity index is 412. The zero-order valence-corrected chi connectivity index (χ0v) is 11.8. The molecule has 1 rings (SSSR count). The lowest BCUT2D eigenvalue weighted by molar-refractivity contribution is 0.0277. The van der Waals surface area contributed by atoms with Gasteiger partial charge in [0.1, 0.15) is 12.2 Å². The van der Waals surface area contributed by atoms with Crippen LogP contribution in [0.1, 0.15) is 20.8 Å². The van der Waals surface area contributed by atoms with E-state index in [1.54, 1.807) is 19.2 Å². The van der Waals surface area contributed by atoms with Crippen molar-refractivity contribution < 1.29 is 14.3 Å². The predicted molar refractivity (Wildman–Crippen MR) is 73.0 cm³/mol. The second kappa shape index (κ2) is 6.26. The number of nitrogens with two attached hydrogens (primary N) is 1. The molecule has 0 unspecified atom stereocenters. The predicted octanol–water partition coefficient (Wildman–Crippen LogP) is 1.91. The number of hydrogen-bond donors (Lipinski definition) is 1. The van der Waals surface area contributed by atoms with E-state index in [9.17, 15) is 4.79 Å². The van der Waals surface area contributed by atoms with E-state index < -0.39 is 5.60 Å². The van der Waals surface area contributed by atoms with Crippen molar-refractivity contribution in [2.45, 2.75) is 26.4 Å². The lowest BCUT2D eigenvalue weighted by Crippen LogP contribution is -2.36. The Balaban J connectivity index is 2.32. The number of pyridine rings is 1. The third-order valence-corrected chi connectivity index (χ3v) is 2.14. The number of aromatic nitrogens is 1. The van der Waals surface area contributed by atoms with Crippen molar-refractivity contribution in [3.63, 3.8) is 0 Å². The zero-order valence-electron chi connectivity index (χ0n) is 11.8. The molecule has 1 amide bonds. The Morgan fingerprint density at radius 2 is 2.11 bits per heavy atom. The summed E-state index contributed by atoms with van der Waals surface area (Å²) < 4.78 is 10.6. The van der Waals surface area contributed by atoms with Crippen molar-refractivity contribution >= 4 is 11.8 Å². The fourth-order valence-corrected chi connectivity index (χ4v) is 1.20. The van der Waals surface area contributed by atoms with Crippen molar-refractivity contribution in [1.82, 2.24) is 9.88 Å². The molecule has 0 bridgehead atoms. The van der Waals surface area contributed by atoms with E-state index in [1.165, 1.54) is 11.1 Å². The highest BCUT2D eigenvalue weighted by Gasteiger charge is 2.19. The van der Waals surface area contributed by atoms with Crippen molar-refractivity contribution in [2.24, 2.45) is 0 Å². The van der Waals surface area contributed by atoms with Gasteiger partial charge in [-0.3, -0.25) is 0 Å². The number of rotatable bonds is 4. The van der Waals surface area contributed by atoms with Crippen LogP contribution in [0.4, 0.5) is 10.5 Å². The van der Waals surface area contributed by atoms with E-state index in [2.05, 4.69) is 4.98 Å².